The van der Waals surface area contributed by atoms with E-state index in [1.165, 1.54) is 51.6 Å². The summed E-state index contributed by atoms with van der Waals surface area (Å²) >= 11 is 0. The molecule has 1 fully saturated rings. The van der Waals surface area contributed by atoms with Crippen molar-refractivity contribution < 1.29 is 0 Å². The van der Waals surface area contributed by atoms with Crippen molar-refractivity contribution in [2.24, 2.45) is 17.1 Å². The highest BCUT2D eigenvalue weighted by Crippen LogP contribution is 2.28. The van der Waals surface area contributed by atoms with E-state index in [-0.39, 0.29) is 0 Å². The fourth-order valence-electron chi connectivity index (χ4n) is 2.36. The molecule has 0 radical (unpaired) electrons. The summed E-state index contributed by atoms with van der Waals surface area (Å²) in [5, 5.41) is 0. The molecule has 0 aromatic carbocycles. The first kappa shape index (κ1) is 16.0. The lowest BCUT2D eigenvalue weighted by atomic mass is 9.87. The second-order valence-electron chi connectivity index (χ2n) is 7.28. The third-order valence-corrected chi connectivity index (χ3v) is 4.16. The molecule has 0 aromatic rings. The molecule has 18 heavy (non-hydrogen) atoms. The van der Waals surface area contributed by atoms with Crippen molar-refractivity contribution >= 4 is 0 Å². The molecule has 1 saturated carbocycles. The second kappa shape index (κ2) is 7.49. The minimum absolute atomic E-state index is 0.336. The molecule has 2 nitrogen and oxygen atoms in total. The topological polar surface area (TPSA) is 29.3 Å². The van der Waals surface area contributed by atoms with Gasteiger partial charge in [0, 0.05) is 6.04 Å². The molecule has 0 saturated heterocycles. The second-order valence-corrected chi connectivity index (χ2v) is 7.28. The summed E-state index contributed by atoms with van der Waals surface area (Å²) in [7, 11) is 0. The lowest BCUT2D eigenvalue weighted by Crippen LogP contribution is -2.29. The molecule has 0 amide bonds. The fraction of sp³-hybridized carbons (Fsp3) is 1.00. The molecule has 0 bridgehead atoms. The van der Waals surface area contributed by atoms with Gasteiger partial charge in [0.1, 0.15) is 0 Å². The Hall–Kier alpha value is -0.0800. The number of unbranched alkanes of at least 4 members (excludes halogenated alkanes) is 1. The molecule has 0 aliphatic heterocycles. The van der Waals surface area contributed by atoms with E-state index < -0.39 is 0 Å². The molecular formula is C16H34N2. The number of nitrogens with zero attached hydrogens (tertiary/aromatic N) is 1. The maximum atomic E-state index is 5.78. The number of hydrogen-bond donors (Lipinski definition) is 1. The van der Waals surface area contributed by atoms with Crippen LogP contribution in [0.1, 0.15) is 66.2 Å². The first-order valence-corrected chi connectivity index (χ1v) is 7.89. The molecule has 1 aliphatic carbocycles. The Morgan fingerprint density at radius 1 is 1.17 bits per heavy atom. The average Bonchev–Trinajstić information content (AvgIpc) is 3.12. The van der Waals surface area contributed by atoms with Gasteiger partial charge in [-0.15, -0.1) is 0 Å². The highest BCUT2D eigenvalue weighted by atomic mass is 15.2. The van der Waals surface area contributed by atoms with Gasteiger partial charge >= 0.3 is 0 Å². The highest BCUT2D eigenvalue weighted by Gasteiger charge is 2.28. The van der Waals surface area contributed by atoms with Crippen LogP contribution in [0.3, 0.4) is 0 Å². The predicted octanol–water partition coefficient (Wildman–Crippen LogP) is 3.65. The molecule has 2 N–H and O–H groups in total. The molecule has 0 spiro atoms. The molecule has 0 unspecified atom stereocenters. The van der Waals surface area contributed by atoms with Crippen molar-refractivity contribution in [2.75, 3.05) is 19.6 Å². The first-order valence-electron chi connectivity index (χ1n) is 7.89. The average molecular weight is 254 g/mol. The Bertz CT molecular complexity index is 219. The zero-order chi connectivity index (χ0) is 13.6. The number of hydrogen-bond acceptors (Lipinski definition) is 2. The molecule has 108 valence electrons. The van der Waals surface area contributed by atoms with Crippen LogP contribution in [0.4, 0.5) is 0 Å². The molecule has 0 heterocycles. The minimum Gasteiger partial charge on any atom is -0.330 e. The van der Waals surface area contributed by atoms with Gasteiger partial charge in [0.2, 0.25) is 0 Å². The molecule has 1 aliphatic rings. The van der Waals surface area contributed by atoms with E-state index in [1.807, 2.05) is 0 Å². The number of nitrogens with two attached hydrogens (primary N) is 1. The van der Waals surface area contributed by atoms with Crippen LogP contribution < -0.4 is 5.73 Å². The third kappa shape index (κ3) is 6.75. The van der Waals surface area contributed by atoms with Crippen LogP contribution in [0.2, 0.25) is 0 Å². The standard InChI is InChI=1S/C16H34N2/c1-14(2)9-12-18(15-7-8-15)11-6-5-10-16(3,4)13-17/h14-15H,5-13,17H2,1-4H3. The zero-order valence-corrected chi connectivity index (χ0v) is 13.0. The Morgan fingerprint density at radius 2 is 1.83 bits per heavy atom. The van der Waals surface area contributed by atoms with Gasteiger partial charge in [-0.3, -0.25) is 0 Å². The largest absolute Gasteiger partial charge is 0.330 e. The third-order valence-electron chi connectivity index (χ3n) is 4.16. The van der Waals surface area contributed by atoms with Crippen molar-refractivity contribution in [3.63, 3.8) is 0 Å². The first-order chi connectivity index (χ1) is 8.44. The fourth-order valence-corrected chi connectivity index (χ4v) is 2.36. The summed E-state index contributed by atoms with van der Waals surface area (Å²) in [4.78, 5) is 2.73. The molecular weight excluding hydrogens is 220 g/mol. The number of rotatable bonds is 10. The summed E-state index contributed by atoms with van der Waals surface area (Å²) in [6.45, 7) is 12.6. The van der Waals surface area contributed by atoms with Crippen LogP contribution in [0.25, 0.3) is 0 Å². The summed E-state index contributed by atoms with van der Waals surface area (Å²) in [6.07, 6.45) is 8.17. The summed E-state index contributed by atoms with van der Waals surface area (Å²) < 4.78 is 0. The van der Waals surface area contributed by atoms with Gasteiger partial charge in [0.05, 0.1) is 0 Å². The van der Waals surface area contributed by atoms with Gasteiger partial charge in [0.15, 0.2) is 0 Å². The van der Waals surface area contributed by atoms with Gasteiger partial charge in [0.25, 0.3) is 0 Å². The van der Waals surface area contributed by atoms with Crippen LogP contribution in [-0.4, -0.2) is 30.6 Å². The van der Waals surface area contributed by atoms with Gasteiger partial charge in [-0.2, -0.15) is 0 Å². The Morgan fingerprint density at radius 3 is 2.33 bits per heavy atom. The predicted molar refractivity (Wildman–Crippen MR) is 80.7 cm³/mol. The maximum Gasteiger partial charge on any atom is 0.00964 e. The lowest BCUT2D eigenvalue weighted by Gasteiger charge is -2.25. The van der Waals surface area contributed by atoms with Gasteiger partial charge in [-0.05, 0) is 63.1 Å². The Kier molecular flexibility index (Phi) is 6.65. The van der Waals surface area contributed by atoms with E-state index >= 15 is 0 Å². The summed E-state index contributed by atoms with van der Waals surface area (Å²) in [5.41, 5.74) is 6.11. The van der Waals surface area contributed by atoms with E-state index in [0.29, 0.717) is 5.41 Å². The zero-order valence-electron chi connectivity index (χ0n) is 13.0. The van der Waals surface area contributed by atoms with Crippen LogP contribution in [0.15, 0.2) is 0 Å². The smallest absolute Gasteiger partial charge is 0.00964 e. The van der Waals surface area contributed by atoms with Crippen molar-refractivity contribution in [3.8, 4) is 0 Å². The van der Waals surface area contributed by atoms with Crippen LogP contribution in [0.5, 0.6) is 0 Å². The summed E-state index contributed by atoms with van der Waals surface area (Å²) in [5.74, 6) is 0.836. The van der Waals surface area contributed by atoms with Gasteiger partial charge in [-0.1, -0.05) is 34.1 Å². The van der Waals surface area contributed by atoms with Crippen molar-refractivity contribution in [1.82, 2.24) is 4.90 Å². The monoisotopic (exact) mass is 254 g/mol. The van der Waals surface area contributed by atoms with Gasteiger partial charge in [-0.25, -0.2) is 0 Å². The highest BCUT2D eigenvalue weighted by molar-refractivity contribution is 4.84. The molecule has 0 atom stereocenters. The summed E-state index contributed by atoms with van der Waals surface area (Å²) in [6, 6.07) is 0.922. The Labute approximate surface area is 114 Å². The molecule has 0 aromatic heterocycles. The normalized spacial score (nSPS) is 16.8. The van der Waals surface area contributed by atoms with E-state index in [2.05, 4.69) is 32.6 Å². The van der Waals surface area contributed by atoms with Crippen molar-refractivity contribution in [2.45, 2.75) is 72.3 Å². The van der Waals surface area contributed by atoms with E-state index in [0.717, 1.165) is 18.5 Å². The van der Waals surface area contributed by atoms with E-state index in [4.69, 9.17) is 5.73 Å². The van der Waals surface area contributed by atoms with Crippen molar-refractivity contribution in [3.05, 3.63) is 0 Å². The molecule has 2 heteroatoms. The maximum absolute atomic E-state index is 5.78. The van der Waals surface area contributed by atoms with Gasteiger partial charge < -0.3 is 10.6 Å². The lowest BCUT2D eigenvalue weighted by molar-refractivity contribution is 0.234. The Balaban J connectivity index is 2.14. The van der Waals surface area contributed by atoms with Crippen molar-refractivity contribution in [1.29, 1.82) is 0 Å². The van der Waals surface area contributed by atoms with E-state index in [1.54, 1.807) is 0 Å². The van der Waals surface area contributed by atoms with Crippen LogP contribution in [0, 0.1) is 11.3 Å². The van der Waals surface area contributed by atoms with Crippen LogP contribution in [-0.2, 0) is 0 Å². The SMILES string of the molecule is CC(C)CCN(CCCCC(C)(C)CN)C1CC1. The van der Waals surface area contributed by atoms with E-state index in [9.17, 15) is 0 Å². The minimum atomic E-state index is 0.336. The molecule has 1 rings (SSSR count). The quantitative estimate of drug-likeness (QED) is 0.603. The van der Waals surface area contributed by atoms with Crippen LogP contribution >= 0.6 is 0 Å².